The summed E-state index contributed by atoms with van der Waals surface area (Å²) in [4.78, 5) is 28.3. The monoisotopic (exact) mass is 338 g/mol. The fourth-order valence-electron chi connectivity index (χ4n) is 2.39. The molecule has 0 fully saturated rings. The molecule has 0 radical (unpaired) electrons. The lowest BCUT2D eigenvalue weighted by Crippen LogP contribution is -2.26. The van der Waals surface area contributed by atoms with Crippen molar-refractivity contribution in [3.05, 3.63) is 65.1 Å². The quantitative estimate of drug-likeness (QED) is 0.510. The summed E-state index contributed by atoms with van der Waals surface area (Å²) in [5.74, 6) is 0.596. The summed E-state index contributed by atoms with van der Waals surface area (Å²) in [5, 5.41) is 0. The van der Waals surface area contributed by atoms with Gasteiger partial charge in [0.25, 0.3) is 5.56 Å². The highest BCUT2D eigenvalue weighted by Gasteiger charge is 2.11. The van der Waals surface area contributed by atoms with Gasteiger partial charge in [0.15, 0.2) is 0 Å². The predicted octanol–water partition coefficient (Wildman–Crippen LogP) is 2.79. The Bertz CT molecular complexity index is 932. The fraction of sp³-hybridized carbons (Fsp3) is 0.211. The summed E-state index contributed by atoms with van der Waals surface area (Å²) in [6, 6.07) is 14.0. The number of fused-ring (bicyclic) bond motifs is 1. The summed E-state index contributed by atoms with van der Waals surface area (Å²) >= 11 is 0. The summed E-state index contributed by atoms with van der Waals surface area (Å²) in [5.41, 5.74) is 0.890. The zero-order valence-corrected chi connectivity index (χ0v) is 13.8. The molecular formula is C19H18N2O4. The van der Waals surface area contributed by atoms with Crippen LogP contribution in [0.25, 0.3) is 11.0 Å². The summed E-state index contributed by atoms with van der Waals surface area (Å²) < 4.78 is 12.1. The van der Waals surface area contributed by atoms with Crippen LogP contribution in [0.2, 0.25) is 0 Å². The minimum absolute atomic E-state index is 0.185. The van der Waals surface area contributed by atoms with E-state index in [2.05, 4.69) is 4.98 Å². The molecule has 0 spiro atoms. The Morgan fingerprint density at radius 1 is 1.08 bits per heavy atom. The zero-order valence-electron chi connectivity index (χ0n) is 13.8. The molecule has 6 nitrogen and oxygen atoms in total. The molecule has 0 aliphatic heterocycles. The first-order valence-corrected chi connectivity index (χ1v) is 8.05. The Morgan fingerprint density at radius 2 is 1.80 bits per heavy atom. The number of ether oxygens (including phenoxy) is 2. The second-order valence-electron chi connectivity index (χ2n) is 5.47. The lowest BCUT2D eigenvalue weighted by Gasteiger charge is -2.10. The van der Waals surface area contributed by atoms with Crippen molar-refractivity contribution in [1.82, 2.24) is 9.55 Å². The Morgan fingerprint density at radius 3 is 2.56 bits per heavy atom. The van der Waals surface area contributed by atoms with Crippen LogP contribution < -0.4 is 15.0 Å². The third-order valence-corrected chi connectivity index (χ3v) is 3.57. The number of para-hydroxylation sites is 2. The third-order valence-electron chi connectivity index (χ3n) is 3.57. The Hall–Kier alpha value is -3.15. The van der Waals surface area contributed by atoms with Crippen molar-refractivity contribution in [3.63, 3.8) is 0 Å². The Kier molecular flexibility index (Phi) is 5.09. The van der Waals surface area contributed by atoms with Crippen molar-refractivity contribution in [1.29, 1.82) is 0 Å². The maximum absolute atomic E-state index is 12.2. The van der Waals surface area contributed by atoms with Gasteiger partial charge in [0.2, 0.25) is 0 Å². The van der Waals surface area contributed by atoms with Gasteiger partial charge < -0.3 is 9.47 Å². The normalized spacial score (nSPS) is 10.6. The molecule has 6 heteroatoms. The van der Waals surface area contributed by atoms with E-state index in [9.17, 15) is 9.59 Å². The average molecular weight is 338 g/mol. The van der Waals surface area contributed by atoms with E-state index in [4.69, 9.17) is 9.47 Å². The van der Waals surface area contributed by atoms with Gasteiger partial charge >= 0.3 is 5.97 Å². The van der Waals surface area contributed by atoms with Crippen LogP contribution >= 0.6 is 0 Å². The van der Waals surface area contributed by atoms with Crippen LogP contribution in [0.1, 0.15) is 13.3 Å². The molecular weight excluding hydrogens is 320 g/mol. The molecule has 0 N–H and O–H groups in total. The van der Waals surface area contributed by atoms with E-state index < -0.39 is 5.97 Å². The van der Waals surface area contributed by atoms with Crippen LogP contribution in [-0.2, 0) is 11.3 Å². The predicted molar refractivity (Wildman–Crippen MR) is 93.9 cm³/mol. The second kappa shape index (κ2) is 7.61. The van der Waals surface area contributed by atoms with E-state index in [1.165, 1.54) is 10.8 Å². The molecule has 0 saturated carbocycles. The van der Waals surface area contributed by atoms with Gasteiger partial charge in [0, 0.05) is 0 Å². The van der Waals surface area contributed by atoms with Gasteiger partial charge in [0.1, 0.15) is 18.0 Å². The number of carbonyl (C=O) groups excluding carboxylic acids is 1. The molecule has 1 heterocycles. The first-order chi connectivity index (χ1) is 12.2. The van der Waals surface area contributed by atoms with Crippen LogP contribution in [0.3, 0.4) is 0 Å². The number of benzene rings is 2. The summed E-state index contributed by atoms with van der Waals surface area (Å²) in [6.45, 7) is 2.48. The van der Waals surface area contributed by atoms with Gasteiger partial charge in [-0.15, -0.1) is 0 Å². The maximum Gasteiger partial charge on any atom is 0.331 e. The standard InChI is InChI=1S/C19H18N2O4/c1-2-11-24-14-7-9-15(10-8-14)25-19(23)13-21-17-6-4-3-5-16(17)20-12-18(21)22/h3-10,12H,2,11,13H2,1H3. The first kappa shape index (κ1) is 16.7. The number of hydrogen-bond acceptors (Lipinski definition) is 5. The molecule has 128 valence electrons. The van der Waals surface area contributed by atoms with E-state index in [-0.39, 0.29) is 12.1 Å². The number of carbonyl (C=O) groups is 1. The average Bonchev–Trinajstić information content (AvgIpc) is 2.63. The van der Waals surface area contributed by atoms with Crippen molar-refractivity contribution >= 4 is 17.0 Å². The molecule has 2 aromatic carbocycles. The maximum atomic E-state index is 12.2. The third kappa shape index (κ3) is 4.03. The van der Waals surface area contributed by atoms with Gasteiger partial charge in [-0.25, -0.2) is 9.78 Å². The van der Waals surface area contributed by atoms with Gasteiger partial charge in [0.05, 0.1) is 23.8 Å². The van der Waals surface area contributed by atoms with Crippen LogP contribution in [0, 0.1) is 0 Å². The molecule has 0 aliphatic carbocycles. The van der Waals surface area contributed by atoms with Gasteiger partial charge in [-0.05, 0) is 42.8 Å². The van der Waals surface area contributed by atoms with Gasteiger partial charge in [-0.3, -0.25) is 9.36 Å². The topological polar surface area (TPSA) is 70.4 Å². The number of rotatable bonds is 6. The lowest BCUT2D eigenvalue weighted by molar-refractivity contribution is -0.135. The highest BCUT2D eigenvalue weighted by molar-refractivity contribution is 5.78. The number of esters is 1. The SMILES string of the molecule is CCCOc1ccc(OC(=O)Cn2c(=O)cnc3ccccc32)cc1. The molecule has 0 bridgehead atoms. The van der Waals surface area contributed by atoms with Gasteiger partial charge in [-0.2, -0.15) is 0 Å². The highest BCUT2D eigenvalue weighted by atomic mass is 16.5. The Labute approximate surface area is 144 Å². The minimum atomic E-state index is -0.527. The zero-order chi connectivity index (χ0) is 17.6. The first-order valence-electron chi connectivity index (χ1n) is 8.05. The summed E-state index contributed by atoms with van der Waals surface area (Å²) in [6.07, 6.45) is 2.13. The van der Waals surface area contributed by atoms with Gasteiger partial charge in [-0.1, -0.05) is 19.1 Å². The van der Waals surface area contributed by atoms with Crippen molar-refractivity contribution in [2.45, 2.75) is 19.9 Å². The molecule has 0 saturated heterocycles. The molecule has 0 aliphatic rings. The van der Waals surface area contributed by atoms with E-state index in [1.807, 2.05) is 13.0 Å². The number of nitrogens with zero attached hydrogens (tertiary/aromatic N) is 2. The smallest absolute Gasteiger partial charge is 0.331 e. The molecule has 3 aromatic rings. The van der Waals surface area contributed by atoms with Crippen molar-refractivity contribution in [2.24, 2.45) is 0 Å². The molecule has 1 aromatic heterocycles. The number of aromatic nitrogens is 2. The van der Waals surface area contributed by atoms with Crippen molar-refractivity contribution < 1.29 is 14.3 Å². The van der Waals surface area contributed by atoms with E-state index in [1.54, 1.807) is 42.5 Å². The van der Waals surface area contributed by atoms with Crippen molar-refractivity contribution in [3.8, 4) is 11.5 Å². The molecule has 25 heavy (non-hydrogen) atoms. The lowest BCUT2D eigenvalue weighted by atomic mass is 10.3. The second-order valence-corrected chi connectivity index (χ2v) is 5.47. The van der Waals surface area contributed by atoms with E-state index in [0.717, 1.165) is 12.2 Å². The van der Waals surface area contributed by atoms with Crippen LogP contribution in [-0.4, -0.2) is 22.1 Å². The van der Waals surface area contributed by atoms with Crippen LogP contribution in [0.5, 0.6) is 11.5 Å². The molecule has 0 atom stereocenters. The van der Waals surface area contributed by atoms with Crippen molar-refractivity contribution in [2.75, 3.05) is 6.61 Å². The van der Waals surface area contributed by atoms with Crippen LogP contribution in [0.4, 0.5) is 0 Å². The van der Waals surface area contributed by atoms with E-state index in [0.29, 0.717) is 23.4 Å². The molecule has 0 unspecified atom stereocenters. The number of hydrogen-bond donors (Lipinski definition) is 0. The van der Waals surface area contributed by atoms with E-state index >= 15 is 0 Å². The molecule has 3 rings (SSSR count). The van der Waals surface area contributed by atoms with Crippen LogP contribution in [0.15, 0.2) is 59.5 Å². The largest absolute Gasteiger partial charge is 0.494 e. The Balaban J connectivity index is 1.73. The summed E-state index contributed by atoms with van der Waals surface area (Å²) in [7, 11) is 0. The highest BCUT2D eigenvalue weighted by Crippen LogP contribution is 2.18. The molecule has 0 amide bonds. The minimum Gasteiger partial charge on any atom is -0.494 e. The fourth-order valence-corrected chi connectivity index (χ4v) is 2.39.